The van der Waals surface area contributed by atoms with E-state index < -0.39 is 0 Å². The van der Waals surface area contributed by atoms with E-state index >= 15 is 0 Å². The third kappa shape index (κ3) is 5.59. The van der Waals surface area contributed by atoms with Gasteiger partial charge < -0.3 is 14.4 Å². The molecule has 0 fully saturated rings. The Morgan fingerprint density at radius 2 is 0.794 bits per heavy atom. The van der Waals surface area contributed by atoms with Crippen LogP contribution in [0.2, 0.25) is 0 Å². The number of nitrogens with zero attached hydrogens (tertiary/aromatic N) is 3. The molecule has 12 rings (SSSR count). The maximum absolute atomic E-state index is 2.49. The van der Waals surface area contributed by atoms with Gasteiger partial charge >= 0.3 is 0 Å². The van der Waals surface area contributed by atoms with Gasteiger partial charge in [0, 0.05) is 50.0 Å². The number of hydrogen-bond acceptors (Lipinski definition) is 2. The van der Waals surface area contributed by atoms with E-state index in [-0.39, 0.29) is 10.8 Å². The number of fused-ring (bicyclic) bond motifs is 9. The van der Waals surface area contributed by atoms with Crippen molar-refractivity contribution in [2.24, 2.45) is 0 Å². The quantitative estimate of drug-likeness (QED) is 0.159. The smallest absolute Gasteiger partial charge is 0.0583 e. The van der Waals surface area contributed by atoms with Crippen molar-refractivity contribution in [3.05, 3.63) is 235 Å². The van der Waals surface area contributed by atoms with Gasteiger partial charge in [0.1, 0.15) is 0 Å². The molecule has 10 aromatic rings. The molecule has 0 N–H and O–H groups in total. The van der Waals surface area contributed by atoms with E-state index in [1.807, 2.05) is 0 Å². The Kier molecular flexibility index (Phi) is 8.23. The van der Waals surface area contributed by atoms with Crippen molar-refractivity contribution >= 4 is 55.9 Å². The van der Waals surface area contributed by atoms with Gasteiger partial charge in [0.2, 0.25) is 0 Å². The molecule has 0 saturated carbocycles. The van der Waals surface area contributed by atoms with Crippen LogP contribution in [0, 0.1) is 0 Å². The molecule has 0 bridgehead atoms. The van der Waals surface area contributed by atoms with Crippen LogP contribution in [0.3, 0.4) is 0 Å². The maximum atomic E-state index is 2.49. The van der Waals surface area contributed by atoms with Crippen molar-refractivity contribution < 1.29 is 0 Å². The number of aromatic nitrogens is 1. The zero-order chi connectivity index (χ0) is 42.5. The fourth-order valence-corrected chi connectivity index (χ4v) is 10.9. The largest absolute Gasteiger partial charge is 0.310 e. The normalized spacial score (nSPS) is 14.0. The summed E-state index contributed by atoms with van der Waals surface area (Å²) in [6, 6.07) is 78.4. The third-order valence-corrected chi connectivity index (χ3v) is 13.9. The van der Waals surface area contributed by atoms with E-state index in [4.69, 9.17) is 0 Å². The summed E-state index contributed by atoms with van der Waals surface area (Å²) in [5.41, 5.74) is 20.5. The molecular weight excluding hydrogens is 763 g/mol. The molecule has 1 aromatic heterocycles. The van der Waals surface area contributed by atoms with Gasteiger partial charge in [-0.3, -0.25) is 0 Å². The summed E-state index contributed by atoms with van der Waals surface area (Å²) >= 11 is 0. The first-order chi connectivity index (χ1) is 30.8. The van der Waals surface area contributed by atoms with Crippen LogP contribution in [-0.2, 0) is 10.8 Å². The average Bonchev–Trinajstić information content (AvgIpc) is 3.87. The molecule has 9 aromatic carbocycles. The van der Waals surface area contributed by atoms with Gasteiger partial charge in [-0.15, -0.1) is 0 Å². The predicted molar refractivity (Wildman–Crippen MR) is 265 cm³/mol. The fraction of sp³-hybridized carbons (Fsp3) is 0.100. The van der Waals surface area contributed by atoms with Crippen LogP contribution in [0.5, 0.6) is 0 Å². The van der Waals surface area contributed by atoms with Gasteiger partial charge in [0.25, 0.3) is 0 Å². The SMILES string of the molecule is CC1(C)c2ccccc2-c2cc(N(c3ccccc3)c3cc(N(c4ccccc4)c4ccc5c(c4)-c4ccccc4C5(C)C)c4c5ccccc5n(-c5ccccc5)c4c3)ccc21. The van der Waals surface area contributed by atoms with Crippen molar-refractivity contribution in [2.75, 3.05) is 9.80 Å². The lowest BCUT2D eigenvalue weighted by Crippen LogP contribution is -2.16. The summed E-state index contributed by atoms with van der Waals surface area (Å²) in [6.07, 6.45) is 0. The molecule has 0 spiro atoms. The van der Waals surface area contributed by atoms with E-state index in [1.54, 1.807) is 0 Å². The van der Waals surface area contributed by atoms with Gasteiger partial charge in [0.15, 0.2) is 0 Å². The zero-order valence-corrected chi connectivity index (χ0v) is 36.0. The standard InChI is InChI=1S/C60H47N3/c1-59(2)51-29-17-14-26-46(51)49-36-43(32-34-53(49)59)61(40-20-8-5-9-21-40)45-38-56(58-48-28-16-19-31-55(48)63(57(58)39-45)42-24-12-7-13-25-42)62(41-22-10-6-11-23-41)44-33-35-54-50(37-44)47-27-15-18-30-52(47)60(54,3)4/h5-39H,1-4H3. The monoisotopic (exact) mass is 809 g/mol. The molecule has 3 nitrogen and oxygen atoms in total. The van der Waals surface area contributed by atoms with E-state index in [0.717, 1.165) is 50.8 Å². The first-order valence-electron chi connectivity index (χ1n) is 22.1. The molecule has 302 valence electrons. The number of hydrogen-bond donors (Lipinski definition) is 0. The zero-order valence-electron chi connectivity index (χ0n) is 36.0. The maximum Gasteiger partial charge on any atom is 0.0583 e. The summed E-state index contributed by atoms with van der Waals surface area (Å²) < 4.78 is 2.45. The number of rotatable bonds is 7. The lowest BCUT2D eigenvalue weighted by Gasteiger charge is -2.31. The molecule has 0 amide bonds. The Bertz CT molecular complexity index is 3400. The molecule has 2 aliphatic carbocycles. The van der Waals surface area contributed by atoms with Crippen LogP contribution < -0.4 is 9.80 Å². The van der Waals surface area contributed by atoms with Gasteiger partial charge in [-0.25, -0.2) is 0 Å². The highest BCUT2D eigenvalue weighted by molar-refractivity contribution is 6.18. The first kappa shape index (κ1) is 37.2. The van der Waals surface area contributed by atoms with Crippen LogP contribution >= 0.6 is 0 Å². The van der Waals surface area contributed by atoms with Crippen LogP contribution in [-0.4, -0.2) is 4.57 Å². The van der Waals surface area contributed by atoms with E-state index in [2.05, 4.69) is 254 Å². The topological polar surface area (TPSA) is 11.4 Å². The second kappa shape index (κ2) is 14.0. The predicted octanol–water partition coefficient (Wildman–Crippen LogP) is 16.3. The summed E-state index contributed by atoms with van der Waals surface area (Å²) in [6.45, 7) is 9.42. The third-order valence-electron chi connectivity index (χ3n) is 13.9. The van der Waals surface area contributed by atoms with E-state index in [0.29, 0.717) is 0 Å². The summed E-state index contributed by atoms with van der Waals surface area (Å²) in [5.74, 6) is 0. The van der Waals surface area contributed by atoms with Crippen LogP contribution in [0.4, 0.5) is 34.1 Å². The van der Waals surface area contributed by atoms with Crippen LogP contribution in [0.15, 0.2) is 212 Å². The highest BCUT2D eigenvalue weighted by atomic mass is 15.2. The lowest BCUT2D eigenvalue weighted by molar-refractivity contribution is 0.660. The average molecular weight is 810 g/mol. The molecule has 0 unspecified atom stereocenters. The van der Waals surface area contributed by atoms with Crippen LogP contribution in [0.1, 0.15) is 49.9 Å². The Labute approximate surface area is 369 Å². The Hall–Kier alpha value is -7.62. The fourth-order valence-electron chi connectivity index (χ4n) is 10.9. The Morgan fingerprint density at radius 1 is 0.333 bits per heavy atom. The molecular formula is C60H47N3. The van der Waals surface area contributed by atoms with Crippen molar-refractivity contribution in [3.63, 3.8) is 0 Å². The van der Waals surface area contributed by atoms with Crippen molar-refractivity contribution in [3.8, 4) is 27.9 Å². The molecule has 63 heavy (non-hydrogen) atoms. The molecule has 3 heteroatoms. The lowest BCUT2D eigenvalue weighted by atomic mass is 9.82. The second-order valence-corrected chi connectivity index (χ2v) is 18.2. The molecule has 0 atom stereocenters. The van der Waals surface area contributed by atoms with E-state index in [1.165, 1.54) is 55.3 Å². The van der Waals surface area contributed by atoms with Crippen molar-refractivity contribution in [1.29, 1.82) is 0 Å². The number of anilines is 6. The molecule has 0 radical (unpaired) electrons. The minimum atomic E-state index is -0.0971. The molecule has 2 aliphatic rings. The minimum absolute atomic E-state index is 0.0908. The summed E-state index contributed by atoms with van der Waals surface area (Å²) in [7, 11) is 0. The number of para-hydroxylation sites is 4. The second-order valence-electron chi connectivity index (χ2n) is 18.2. The highest BCUT2D eigenvalue weighted by Crippen LogP contribution is 2.54. The minimum Gasteiger partial charge on any atom is -0.310 e. The van der Waals surface area contributed by atoms with Gasteiger partial charge in [-0.1, -0.05) is 161 Å². The van der Waals surface area contributed by atoms with Crippen molar-refractivity contribution in [1.82, 2.24) is 4.57 Å². The van der Waals surface area contributed by atoms with Crippen molar-refractivity contribution in [2.45, 2.75) is 38.5 Å². The molecule has 0 saturated heterocycles. The highest BCUT2D eigenvalue weighted by Gasteiger charge is 2.37. The van der Waals surface area contributed by atoms with Gasteiger partial charge in [-0.05, 0) is 123 Å². The van der Waals surface area contributed by atoms with Gasteiger partial charge in [-0.2, -0.15) is 0 Å². The van der Waals surface area contributed by atoms with E-state index in [9.17, 15) is 0 Å². The number of benzene rings is 9. The molecule has 1 heterocycles. The molecule has 0 aliphatic heterocycles. The first-order valence-corrected chi connectivity index (χ1v) is 22.1. The Balaban J connectivity index is 1.18. The summed E-state index contributed by atoms with van der Waals surface area (Å²) in [5, 5.41) is 2.40. The van der Waals surface area contributed by atoms with Gasteiger partial charge in [0.05, 0.1) is 22.4 Å². The Morgan fingerprint density at radius 3 is 1.38 bits per heavy atom. The van der Waals surface area contributed by atoms with Crippen LogP contribution in [0.25, 0.3) is 49.7 Å². The summed E-state index contributed by atoms with van der Waals surface area (Å²) in [4.78, 5) is 4.95.